The van der Waals surface area contributed by atoms with Crippen molar-refractivity contribution in [2.45, 2.75) is 26.7 Å². The molecule has 0 aromatic heterocycles. The third kappa shape index (κ3) is 4.91. The molecule has 0 aliphatic heterocycles. The fourth-order valence-corrected chi connectivity index (χ4v) is 1.66. The van der Waals surface area contributed by atoms with E-state index in [-0.39, 0.29) is 11.8 Å². The Morgan fingerprint density at radius 3 is 2.65 bits per heavy atom. The van der Waals surface area contributed by atoms with Crippen LogP contribution >= 0.6 is 0 Å². The highest BCUT2D eigenvalue weighted by molar-refractivity contribution is 5.92. The molecular weight excluding hydrogens is 256 g/mol. The van der Waals surface area contributed by atoms with Gasteiger partial charge in [0, 0.05) is 31.8 Å². The molecule has 0 bridgehead atoms. The highest BCUT2D eigenvalue weighted by atomic mass is 16.6. The Kier molecular flexibility index (Phi) is 6.03. The molecule has 1 aromatic rings. The number of carbonyl (C=O) groups excluding carboxylic acids is 2. The van der Waals surface area contributed by atoms with Gasteiger partial charge < -0.3 is 15.0 Å². The highest BCUT2D eigenvalue weighted by Gasteiger charge is 2.12. The van der Waals surface area contributed by atoms with Gasteiger partial charge in [0.2, 0.25) is 5.91 Å². The van der Waals surface area contributed by atoms with E-state index in [1.54, 1.807) is 38.4 Å². The Morgan fingerprint density at radius 2 is 2.05 bits per heavy atom. The maximum Gasteiger partial charge on any atom is 0.414 e. The van der Waals surface area contributed by atoms with Gasteiger partial charge in [-0.1, -0.05) is 26.3 Å². The zero-order chi connectivity index (χ0) is 15.1. The Bertz CT molecular complexity index is 472. The van der Waals surface area contributed by atoms with E-state index >= 15 is 0 Å². The standard InChI is InChI=1S/C15H22N2O3/c1-5-7-11(2)14(18)16-12-8-6-9-13(10-12)20-15(19)17(3)4/h6,8-11H,5,7H2,1-4H3,(H,16,18)/t11-/m0/s1. The second-order valence-electron chi connectivity index (χ2n) is 4.97. The van der Waals surface area contributed by atoms with Gasteiger partial charge in [-0.2, -0.15) is 0 Å². The summed E-state index contributed by atoms with van der Waals surface area (Å²) in [4.78, 5) is 24.7. The first-order chi connectivity index (χ1) is 9.43. The predicted molar refractivity (Wildman–Crippen MR) is 78.9 cm³/mol. The minimum absolute atomic E-state index is 0.0251. The number of rotatable bonds is 5. The molecule has 0 saturated heterocycles. The van der Waals surface area contributed by atoms with E-state index in [0.717, 1.165) is 12.8 Å². The molecule has 20 heavy (non-hydrogen) atoms. The van der Waals surface area contributed by atoms with E-state index in [1.165, 1.54) is 4.90 Å². The summed E-state index contributed by atoms with van der Waals surface area (Å²) < 4.78 is 5.14. The van der Waals surface area contributed by atoms with Crippen LogP contribution in [-0.4, -0.2) is 31.0 Å². The van der Waals surface area contributed by atoms with Gasteiger partial charge in [0.05, 0.1) is 0 Å². The van der Waals surface area contributed by atoms with Gasteiger partial charge in [0.15, 0.2) is 0 Å². The molecule has 1 rings (SSSR count). The summed E-state index contributed by atoms with van der Waals surface area (Å²) in [5.74, 6) is 0.348. The lowest BCUT2D eigenvalue weighted by Crippen LogP contribution is -2.25. The molecular formula is C15H22N2O3. The third-order valence-electron chi connectivity index (χ3n) is 2.84. The number of benzene rings is 1. The molecule has 0 saturated carbocycles. The minimum Gasteiger partial charge on any atom is -0.410 e. The van der Waals surface area contributed by atoms with Crippen LogP contribution in [0.5, 0.6) is 5.75 Å². The zero-order valence-electron chi connectivity index (χ0n) is 12.5. The second-order valence-corrected chi connectivity index (χ2v) is 4.97. The van der Waals surface area contributed by atoms with Crippen LogP contribution in [-0.2, 0) is 4.79 Å². The Balaban J connectivity index is 2.68. The summed E-state index contributed by atoms with van der Waals surface area (Å²) in [5.41, 5.74) is 0.627. The first kappa shape index (κ1) is 16.0. The van der Waals surface area contributed by atoms with Crippen LogP contribution in [0.2, 0.25) is 0 Å². The van der Waals surface area contributed by atoms with Gasteiger partial charge in [-0.05, 0) is 18.6 Å². The molecule has 1 atom stereocenters. The summed E-state index contributed by atoms with van der Waals surface area (Å²) in [6.45, 7) is 3.94. The largest absolute Gasteiger partial charge is 0.414 e. The van der Waals surface area contributed by atoms with Crippen LogP contribution in [0.15, 0.2) is 24.3 Å². The van der Waals surface area contributed by atoms with Crippen molar-refractivity contribution < 1.29 is 14.3 Å². The van der Waals surface area contributed by atoms with Crippen molar-refractivity contribution in [1.29, 1.82) is 0 Å². The molecule has 0 aliphatic rings. The van der Waals surface area contributed by atoms with Crippen LogP contribution < -0.4 is 10.1 Å². The van der Waals surface area contributed by atoms with Gasteiger partial charge in [0.25, 0.3) is 0 Å². The van der Waals surface area contributed by atoms with Crippen LogP contribution in [0.1, 0.15) is 26.7 Å². The molecule has 0 aliphatic carbocycles. The second kappa shape index (κ2) is 7.53. The van der Waals surface area contributed by atoms with E-state index in [9.17, 15) is 9.59 Å². The average molecular weight is 278 g/mol. The van der Waals surface area contributed by atoms with Crippen molar-refractivity contribution in [2.24, 2.45) is 5.92 Å². The zero-order valence-corrected chi connectivity index (χ0v) is 12.5. The average Bonchev–Trinajstić information content (AvgIpc) is 2.39. The molecule has 5 heteroatoms. The maximum absolute atomic E-state index is 11.9. The van der Waals surface area contributed by atoms with E-state index in [4.69, 9.17) is 4.74 Å². The van der Waals surface area contributed by atoms with Crippen molar-refractivity contribution in [1.82, 2.24) is 4.90 Å². The van der Waals surface area contributed by atoms with Gasteiger partial charge >= 0.3 is 6.09 Å². The summed E-state index contributed by atoms with van der Waals surface area (Å²) in [6, 6.07) is 6.81. The van der Waals surface area contributed by atoms with Crippen LogP contribution in [0.4, 0.5) is 10.5 Å². The molecule has 0 fully saturated rings. The molecule has 110 valence electrons. The van der Waals surface area contributed by atoms with E-state index in [2.05, 4.69) is 5.32 Å². The van der Waals surface area contributed by atoms with Crippen molar-refractivity contribution in [2.75, 3.05) is 19.4 Å². The summed E-state index contributed by atoms with van der Waals surface area (Å²) >= 11 is 0. The van der Waals surface area contributed by atoms with Gasteiger partial charge in [-0.3, -0.25) is 4.79 Å². The van der Waals surface area contributed by atoms with Gasteiger partial charge in [0.1, 0.15) is 5.75 Å². The van der Waals surface area contributed by atoms with E-state index in [1.807, 2.05) is 13.8 Å². The first-order valence-electron chi connectivity index (χ1n) is 6.74. The number of anilines is 1. The van der Waals surface area contributed by atoms with Crippen molar-refractivity contribution in [3.8, 4) is 5.75 Å². The molecule has 0 radical (unpaired) electrons. The number of hydrogen-bond donors (Lipinski definition) is 1. The predicted octanol–water partition coefficient (Wildman–Crippen LogP) is 3.12. The van der Waals surface area contributed by atoms with Crippen LogP contribution in [0.3, 0.4) is 0 Å². The van der Waals surface area contributed by atoms with Gasteiger partial charge in [-0.15, -0.1) is 0 Å². The highest BCUT2D eigenvalue weighted by Crippen LogP contribution is 2.19. The van der Waals surface area contributed by atoms with Crippen molar-refractivity contribution in [3.05, 3.63) is 24.3 Å². The molecule has 0 unspecified atom stereocenters. The molecule has 0 heterocycles. The van der Waals surface area contributed by atoms with Crippen molar-refractivity contribution >= 4 is 17.7 Å². The lowest BCUT2D eigenvalue weighted by atomic mass is 10.1. The first-order valence-corrected chi connectivity index (χ1v) is 6.74. The summed E-state index contributed by atoms with van der Waals surface area (Å²) in [5, 5.41) is 2.83. The topological polar surface area (TPSA) is 58.6 Å². The number of ether oxygens (including phenoxy) is 1. The number of carbonyl (C=O) groups is 2. The Morgan fingerprint density at radius 1 is 1.35 bits per heavy atom. The van der Waals surface area contributed by atoms with Crippen LogP contribution in [0, 0.1) is 5.92 Å². The summed E-state index contributed by atoms with van der Waals surface area (Å²) in [7, 11) is 3.22. The maximum atomic E-state index is 11.9. The lowest BCUT2D eigenvalue weighted by Gasteiger charge is -2.13. The Hall–Kier alpha value is -2.04. The molecule has 2 amide bonds. The summed E-state index contributed by atoms with van der Waals surface area (Å²) in [6.07, 6.45) is 1.36. The molecule has 1 aromatic carbocycles. The fourth-order valence-electron chi connectivity index (χ4n) is 1.66. The third-order valence-corrected chi connectivity index (χ3v) is 2.84. The quantitative estimate of drug-likeness (QED) is 0.900. The monoisotopic (exact) mass is 278 g/mol. The number of nitrogens with zero attached hydrogens (tertiary/aromatic N) is 1. The van der Waals surface area contributed by atoms with Crippen molar-refractivity contribution in [3.63, 3.8) is 0 Å². The Labute approximate surface area is 119 Å². The van der Waals surface area contributed by atoms with E-state index in [0.29, 0.717) is 11.4 Å². The molecule has 0 spiro atoms. The molecule has 5 nitrogen and oxygen atoms in total. The minimum atomic E-state index is -0.451. The number of amides is 2. The fraction of sp³-hybridized carbons (Fsp3) is 0.467. The van der Waals surface area contributed by atoms with Gasteiger partial charge in [-0.25, -0.2) is 4.79 Å². The normalized spacial score (nSPS) is 11.6. The SMILES string of the molecule is CCC[C@H](C)C(=O)Nc1cccc(OC(=O)N(C)C)c1. The number of nitrogens with one attached hydrogen (secondary N) is 1. The van der Waals surface area contributed by atoms with Crippen LogP contribution in [0.25, 0.3) is 0 Å². The van der Waals surface area contributed by atoms with E-state index < -0.39 is 6.09 Å². The smallest absolute Gasteiger partial charge is 0.410 e. The molecule has 1 N–H and O–H groups in total. The number of hydrogen-bond acceptors (Lipinski definition) is 3. The lowest BCUT2D eigenvalue weighted by molar-refractivity contribution is -0.119.